The van der Waals surface area contributed by atoms with Crippen molar-refractivity contribution >= 4 is 11.6 Å². The first-order valence-electron chi connectivity index (χ1n) is 5.74. The van der Waals surface area contributed by atoms with Crippen molar-refractivity contribution in [2.24, 2.45) is 0 Å². The normalized spacial score (nSPS) is 25.8. The predicted molar refractivity (Wildman–Crippen MR) is 63.0 cm³/mol. The largest absolute Gasteiger partial charge is 0.310 e. The molecule has 1 aromatic rings. The zero-order valence-corrected chi connectivity index (χ0v) is 8.88. The van der Waals surface area contributed by atoms with E-state index in [1.807, 2.05) is 0 Å². The van der Waals surface area contributed by atoms with Crippen LogP contribution in [0.3, 0.4) is 0 Å². The van der Waals surface area contributed by atoms with Gasteiger partial charge in [0, 0.05) is 5.57 Å². The Morgan fingerprint density at radius 1 is 1.19 bits per heavy atom. The summed E-state index contributed by atoms with van der Waals surface area (Å²) in [6.45, 7) is 0. The Balaban J connectivity index is 2.07. The number of fused-ring (bicyclic) bond motifs is 3. The molecule has 1 saturated heterocycles. The van der Waals surface area contributed by atoms with Crippen LogP contribution in [0.25, 0.3) is 11.6 Å². The van der Waals surface area contributed by atoms with Gasteiger partial charge in [-0.15, -0.1) is 0 Å². The third-order valence-electron chi connectivity index (χ3n) is 3.68. The summed E-state index contributed by atoms with van der Waals surface area (Å²) in [5, 5.41) is 2.77. The number of hydrogen-bond donors (Lipinski definition) is 3. The summed E-state index contributed by atoms with van der Waals surface area (Å²) < 4.78 is 0. The van der Waals surface area contributed by atoms with Crippen molar-refractivity contribution in [1.29, 1.82) is 0 Å². The van der Waals surface area contributed by atoms with Crippen molar-refractivity contribution in [2.75, 3.05) is 0 Å². The van der Waals surface area contributed by atoms with Gasteiger partial charge >= 0.3 is 0 Å². The van der Waals surface area contributed by atoms with Crippen LogP contribution >= 0.6 is 0 Å². The summed E-state index contributed by atoms with van der Waals surface area (Å²) in [5.41, 5.74) is 13.7. The second-order valence-corrected chi connectivity index (χ2v) is 4.52. The molecule has 4 rings (SSSR count). The van der Waals surface area contributed by atoms with Crippen LogP contribution < -0.4 is 26.8 Å². The fraction of sp³-hybridized carbons (Fsp3) is 0.231. The van der Waals surface area contributed by atoms with Gasteiger partial charge in [-0.2, -0.15) is 5.53 Å². The van der Waals surface area contributed by atoms with E-state index in [0.29, 0.717) is 6.04 Å². The van der Waals surface area contributed by atoms with Gasteiger partial charge in [-0.25, -0.2) is 5.43 Å². The van der Waals surface area contributed by atoms with E-state index in [1.54, 1.807) is 0 Å². The van der Waals surface area contributed by atoms with E-state index < -0.39 is 0 Å². The van der Waals surface area contributed by atoms with Gasteiger partial charge in [-0.3, -0.25) is 0 Å². The van der Waals surface area contributed by atoms with Gasteiger partial charge in [-0.05, 0) is 34.9 Å². The molecule has 1 atom stereocenters. The standard InChI is InChI=1S/C13H13N3/c1-2-4-9-8(3-1)7-11-10(9)5-6-12-13(11)15-16-14-12/h1-4,7,12,14-16H,5-6H2. The molecule has 3 nitrogen and oxygen atoms in total. The Morgan fingerprint density at radius 3 is 3.12 bits per heavy atom. The molecule has 1 fully saturated rings. The smallest absolute Gasteiger partial charge is 0.0650 e. The van der Waals surface area contributed by atoms with Gasteiger partial charge in [0.05, 0.1) is 11.7 Å². The van der Waals surface area contributed by atoms with Crippen LogP contribution in [0.4, 0.5) is 0 Å². The fourth-order valence-corrected chi connectivity index (χ4v) is 2.91. The number of benzene rings is 1. The third-order valence-corrected chi connectivity index (χ3v) is 3.68. The minimum atomic E-state index is 0.448. The van der Waals surface area contributed by atoms with Crippen molar-refractivity contribution in [3.63, 3.8) is 0 Å². The maximum Gasteiger partial charge on any atom is 0.0650 e. The molecule has 0 aromatic heterocycles. The van der Waals surface area contributed by atoms with Crippen molar-refractivity contribution < 1.29 is 0 Å². The lowest BCUT2D eigenvalue weighted by molar-refractivity contribution is 0.526. The number of allylic oxidation sites excluding steroid dienone is 1. The molecule has 16 heavy (non-hydrogen) atoms. The van der Waals surface area contributed by atoms with Crippen LogP contribution in [0.15, 0.2) is 35.5 Å². The number of nitrogens with one attached hydrogen (secondary N) is 3. The highest BCUT2D eigenvalue weighted by Gasteiger charge is 2.30. The molecule has 3 heteroatoms. The Morgan fingerprint density at radius 2 is 2.12 bits per heavy atom. The molecule has 0 spiro atoms. The Kier molecular flexibility index (Phi) is 1.59. The molecule has 1 aliphatic heterocycles. The van der Waals surface area contributed by atoms with Crippen LogP contribution in [0, 0.1) is 0 Å². The minimum Gasteiger partial charge on any atom is -0.310 e. The van der Waals surface area contributed by atoms with Crippen LogP contribution in [0.2, 0.25) is 0 Å². The zero-order chi connectivity index (χ0) is 10.5. The molecule has 80 valence electrons. The van der Waals surface area contributed by atoms with Crippen LogP contribution in [0.1, 0.15) is 12.8 Å². The zero-order valence-electron chi connectivity index (χ0n) is 8.88. The van der Waals surface area contributed by atoms with Crippen LogP contribution in [-0.2, 0) is 0 Å². The average molecular weight is 211 g/mol. The van der Waals surface area contributed by atoms with Crippen LogP contribution in [0.5, 0.6) is 0 Å². The molecule has 1 heterocycles. The highest BCUT2D eigenvalue weighted by atomic mass is 15.6. The number of rotatable bonds is 0. The quantitative estimate of drug-likeness (QED) is 0.549. The number of hydrazine groups is 2. The molecule has 3 N–H and O–H groups in total. The van der Waals surface area contributed by atoms with E-state index in [1.165, 1.54) is 27.3 Å². The first-order valence-corrected chi connectivity index (χ1v) is 5.74. The van der Waals surface area contributed by atoms with E-state index >= 15 is 0 Å². The maximum atomic E-state index is 3.25. The van der Waals surface area contributed by atoms with Gasteiger partial charge in [0.25, 0.3) is 0 Å². The summed E-state index contributed by atoms with van der Waals surface area (Å²) in [7, 11) is 0. The Bertz CT molecular complexity index is 612. The van der Waals surface area contributed by atoms with Gasteiger partial charge in [0.1, 0.15) is 0 Å². The predicted octanol–water partition coefficient (Wildman–Crippen LogP) is -0.340. The molecule has 1 unspecified atom stereocenters. The topological polar surface area (TPSA) is 36.1 Å². The fourth-order valence-electron chi connectivity index (χ4n) is 2.91. The molecule has 0 saturated carbocycles. The van der Waals surface area contributed by atoms with Crippen molar-refractivity contribution in [1.82, 2.24) is 16.4 Å². The lowest BCUT2D eigenvalue weighted by atomic mass is 9.89. The summed E-state index contributed by atoms with van der Waals surface area (Å²) in [4.78, 5) is 0. The minimum absolute atomic E-state index is 0.448. The second-order valence-electron chi connectivity index (χ2n) is 4.52. The molecule has 0 bridgehead atoms. The molecule has 0 amide bonds. The lowest BCUT2D eigenvalue weighted by Crippen LogP contribution is -2.33. The Hall–Kier alpha value is -1.58. The molecule has 2 aliphatic carbocycles. The Labute approximate surface area is 93.5 Å². The average Bonchev–Trinajstić information content (AvgIpc) is 2.92. The van der Waals surface area contributed by atoms with Crippen molar-refractivity contribution in [2.45, 2.75) is 18.9 Å². The highest BCUT2D eigenvalue weighted by molar-refractivity contribution is 5.84. The SMILES string of the molecule is C1=c2ccccc2=C2CCC3NNNC3=C12. The summed E-state index contributed by atoms with van der Waals surface area (Å²) in [5.74, 6) is 0. The van der Waals surface area contributed by atoms with E-state index in [2.05, 4.69) is 46.7 Å². The van der Waals surface area contributed by atoms with E-state index in [4.69, 9.17) is 0 Å². The third kappa shape index (κ3) is 0.991. The second kappa shape index (κ2) is 2.97. The van der Waals surface area contributed by atoms with E-state index in [9.17, 15) is 0 Å². The first-order chi connectivity index (χ1) is 7.93. The summed E-state index contributed by atoms with van der Waals surface area (Å²) in [6.07, 6.45) is 4.62. The molecule has 1 aromatic carbocycles. The summed E-state index contributed by atoms with van der Waals surface area (Å²) >= 11 is 0. The molecule has 3 aliphatic rings. The van der Waals surface area contributed by atoms with Gasteiger partial charge in [0.2, 0.25) is 0 Å². The van der Waals surface area contributed by atoms with E-state index in [0.717, 1.165) is 12.8 Å². The van der Waals surface area contributed by atoms with Crippen molar-refractivity contribution in [3.05, 3.63) is 46.0 Å². The van der Waals surface area contributed by atoms with Gasteiger partial charge in [-0.1, -0.05) is 24.3 Å². The van der Waals surface area contributed by atoms with Gasteiger partial charge < -0.3 is 5.43 Å². The van der Waals surface area contributed by atoms with Gasteiger partial charge in [0.15, 0.2) is 0 Å². The molecular formula is C13H13N3. The lowest BCUT2D eigenvalue weighted by Gasteiger charge is -2.20. The monoisotopic (exact) mass is 211 g/mol. The molecular weight excluding hydrogens is 198 g/mol. The van der Waals surface area contributed by atoms with Crippen molar-refractivity contribution in [3.8, 4) is 0 Å². The number of hydrogen-bond acceptors (Lipinski definition) is 3. The molecule has 0 radical (unpaired) electrons. The first kappa shape index (κ1) is 8.56. The maximum absolute atomic E-state index is 3.25. The van der Waals surface area contributed by atoms with Crippen LogP contribution in [-0.4, -0.2) is 6.04 Å². The van der Waals surface area contributed by atoms with E-state index in [-0.39, 0.29) is 0 Å². The summed E-state index contributed by atoms with van der Waals surface area (Å²) in [6, 6.07) is 9.10. The highest BCUT2D eigenvalue weighted by Crippen LogP contribution is 2.31.